The molecule has 4 fully saturated rings. The van der Waals surface area contributed by atoms with E-state index in [9.17, 15) is 28.7 Å². The first-order chi connectivity index (χ1) is 20.5. The number of nitrogens with zero attached hydrogens (tertiary/aromatic N) is 3. The third kappa shape index (κ3) is 5.41. The van der Waals surface area contributed by atoms with E-state index in [4.69, 9.17) is 0 Å². The number of fused-ring (bicyclic) bond motifs is 4. The second-order valence-corrected chi connectivity index (χ2v) is 15.7. The maximum Gasteiger partial charge on any atom is 0.329 e. The van der Waals surface area contributed by atoms with Crippen LogP contribution >= 0.6 is 18.9 Å². The van der Waals surface area contributed by atoms with Gasteiger partial charge in [0.2, 0.25) is 11.8 Å². The first kappa shape index (κ1) is 28.6. The molecule has 0 spiro atoms. The Morgan fingerprint density at radius 3 is 2.72 bits per heavy atom. The molecule has 3 N–H and O–H groups in total. The second-order valence-electron chi connectivity index (χ2n) is 13.0. The minimum atomic E-state index is -4.22. The predicted molar refractivity (Wildman–Crippen MR) is 161 cm³/mol. The van der Waals surface area contributed by atoms with Gasteiger partial charge in [0, 0.05) is 42.1 Å². The SMILES string of the molecule is C[C@]12CC[C@H](NC(=O)c3cc4cc(CP(=O)(O)O)ccc4s3)C(=O)N3[C@H](CC[C@H]3C(=O)N3CC(c4cccnc4)C3)[C@H]1C2. The molecule has 3 aliphatic heterocycles. The zero-order valence-electron chi connectivity index (χ0n) is 23.9. The van der Waals surface area contributed by atoms with E-state index in [2.05, 4.69) is 17.2 Å². The quantitative estimate of drug-likeness (QED) is 0.355. The van der Waals surface area contributed by atoms with Crippen molar-refractivity contribution in [2.45, 2.75) is 69.2 Å². The van der Waals surface area contributed by atoms with Crippen LogP contribution in [0.15, 0.2) is 48.8 Å². The number of aromatic nitrogens is 1. The standard InChI is InChI=1S/C31H35N4O6PS/c1-31-9-8-23(33-28(36)27-12-20-11-18(17-42(39,40)41)4-7-26(20)43-27)29(37)35-24(22(31)13-31)5-6-25(35)30(38)34-15-21(16-34)19-3-2-10-32-14-19/h2-4,7,10-12,14,21-25H,5-6,8-9,13,15-17H2,1H3,(H,33,36)(H2,39,40,41)/t22-,23+,24-,25+,31-/m1/s1. The number of benzene rings is 1. The molecular weight excluding hydrogens is 587 g/mol. The van der Waals surface area contributed by atoms with Crippen molar-refractivity contribution in [2.75, 3.05) is 13.1 Å². The monoisotopic (exact) mass is 622 g/mol. The summed E-state index contributed by atoms with van der Waals surface area (Å²) in [6.07, 6.45) is 7.06. The molecule has 12 heteroatoms. The van der Waals surface area contributed by atoms with Crippen LogP contribution in [0.1, 0.15) is 65.7 Å². The van der Waals surface area contributed by atoms with E-state index in [-0.39, 0.29) is 41.3 Å². The zero-order chi connectivity index (χ0) is 30.1. The fourth-order valence-corrected chi connectivity index (χ4v) is 9.12. The van der Waals surface area contributed by atoms with Crippen LogP contribution in [-0.2, 0) is 20.3 Å². The Morgan fingerprint density at radius 2 is 1.98 bits per heavy atom. The van der Waals surface area contributed by atoms with Gasteiger partial charge in [-0.15, -0.1) is 11.3 Å². The third-order valence-electron chi connectivity index (χ3n) is 10.0. The van der Waals surface area contributed by atoms with Crippen molar-refractivity contribution in [3.8, 4) is 0 Å². The topological polar surface area (TPSA) is 140 Å². The fourth-order valence-electron chi connectivity index (χ4n) is 7.50. The van der Waals surface area contributed by atoms with Gasteiger partial charge in [-0.1, -0.05) is 19.1 Å². The highest BCUT2D eigenvalue weighted by atomic mass is 32.1. The normalized spacial score (nSPS) is 29.0. The molecule has 7 rings (SSSR count). The van der Waals surface area contributed by atoms with E-state index in [1.807, 2.05) is 28.1 Å². The molecule has 4 aliphatic rings. The van der Waals surface area contributed by atoms with Crippen molar-refractivity contribution in [2.24, 2.45) is 11.3 Å². The highest BCUT2D eigenvalue weighted by Gasteiger charge is 2.61. The van der Waals surface area contributed by atoms with Gasteiger partial charge in [-0.3, -0.25) is 23.9 Å². The van der Waals surface area contributed by atoms with Crippen molar-refractivity contribution >= 4 is 46.7 Å². The molecule has 0 radical (unpaired) electrons. The largest absolute Gasteiger partial charge is 0.340 e. The van der Waals surface area contributed by atoms with E-state index in [0.717, 1.165) is 34.9 Å². The zero-order valence-corrected chi connectivity index (χ0v) is 25.6. The smallest absolute Gasteiger partial charge is 0.329 e. The molecule has 1 aromatic carbocycles. The molecule has 5 atom stereocenters. The number of rotatable bonds is 6. The third-order valence-corrected chi connectivity index (χ3v) is 11.9. The van der Waals surface area contributed by atoms with Crippen LogP contribution in [0.4, 0.5) is 0 Å². The maximum absolute atomic E-state index is 14.2. The number of hydrogen-bond donors (Lipinski definition) is 3. The summed E-state index contributed by atoms with van der Waals surface area (Å²) in [5, 5.41) is 3.73. The summed E-state index contributed by atoms with van der Waals surface area (Å²) in [5.74, 6) is 0.119. The van der Waals surface area contributed by atoms with Crippen LogP contribution in [0.3, 0.4) is 0 Å². The van der Waals surface area contributed by atoms with E-state index in [1.165, 1.54) is 11.3 Å². The molecule has 226 valence electrons. The lowest BCUT2D eigenvalue weighted by Gasteiger charge is -2.43. The molecule has 5 heterocycles. The fraction of sp³-hybridized carbons (Fsp3) is 0.484. The number of hydrogen-bond acceptors (Lipinski definition) is 6. The minimum absolute atomic E-state index is 0.000361. The Bertz CT molecular complexity index is 1650. The average Bonchev–Trinajstić information content (AvgIpc) is 3.25. The van der Waals surface area contributed by atoms with Gasteiger partial charge in [0.05, 0.1) is 11.0 Å². The molecule has 2 aromatic heterocycles. The summed E-state index contributed by atoms with van der Waals surface area (Å²) < 4.78 is 12.3. The van der Waals surface area contributed by atoms with Crippen molar-refractivity contribution in [1.29, 1.82) is 0 Å². The van der Waals surface area contributed by atoms with Gasteiger partial charge in [0.25, 0.3) is 5.91 Å². The molecule has 3 saturated heterocycles. The molecule has 3 aromatic rings. The van der Waals surface area contributed by atoms with Crippen molar-refractivity contribution in [3.05, 3.63) is 64.8 Å². The Labute approximate surface area is 253 Å². The summed E-state index contributed by atoms with van der Waals surface area (Å²) >= 11 is 1.28. The van der Waals surface area contributed by atoms with Crippen LogP contribution in [0.5, 0.6) is 0 Å². The van der Waals surface area contributed by atoms with Gasteiger partial charge in [0.15, 0.2) is 0 Å². The molecule has 1 saturated carbocycles. The number of carbonyl (C=O) groups excluding carboxylic acids is 3. The maximum atomic E-state index is 14.2. The number of carbonyl (C=O) groups is 3. The summed E-state index contributed by atoms with van der Waals surface area (Å²) in [7, 11) is -4.22. The summed E-state index contributed by atoms with van der Waals surface area (Å²) in [6, 6.07) is 9.54. The summed E-state index contributed by atoms with van der Waals surface area (Å²) in [5.41, 5.74) is 1.73. The number of thiophene rings is 1. The van der Waals surface area contributed by atoms with Gasteiger partial charge in [-0.25, -0.2) is 0 Å². The van der Waals surface area contributed by atoms with Gasteiger partial charge in [-0.05, 0) is 84.2 Å². The highest BCUT2D eigenvalue weighted by molar-refractivity contribution is 7.50. The Balaban J connectivity index is 1.08. The lowest BCUT2D eigenvalue weighted by atomic mass is 9.90. The van der Waals surface area contributed by atoms with Gasteiger partial charge < -0.3 is 24.9 Å². The van der Waals surface area contributed by atoms with E-state index >= 15 is 0 Å². The van der Waals surface area contributed by atoms with Crippen LogP contribution in [0.2, 0.25) is 0 Å². The van der Waals surface area contributed by atoms with Gasteiger partial charge in [-0.2, -0.15) is 0 Å². The molecular formula is C31H35N4O6PS. The Morgan fingerprint density at radius 1 is 1.16 bits per heavy atom. The number of likely N-dealkylation sites (tertiary alicyclic amines) is 1. The molecule has 1 aliphatic carbocycles. The number of pyridine rings is 1. The Kier molecular flexibility index (Phi) is 7.00. The Hall–Kier alpha value is -3.11. The number of amides is 3. The lowest BCUT2D eigenvalue weighted by molar-refractivity contribution is -0.150. The van der Waals surface area contributed by atoms with Crippen LogP contribution in [0, 0.1) is 11.3 Å². The van der Waals surface area contributed by atoms with Crippen LogP contribution in [-0.4, -0.2) is 73.5 Å². The highest BCUT2D eigenvalue weighted by Crippen LogP contribution is 2.61. The van der Waals surface area contributed by atoms with Gasteiger partial charge >= 0.3 is 7.60 Å². The van der Waals surface area contributed by atoms with Crippen LogP contribution < -0.4 is 5.32 Å². The molecule has 43 heavy (non-hydrogen) atoms. The molecule has 3 amide bonds. The molecule has 0 bridgehead atoms. The summed E-state index contributed by atoms with van der Waals surface area (Å²) in [4.78, 5) is 68.4. The summed E-state index contributed by atoms with van der Waals surface area (Å²) in [6.45, 7) is 3.50. The van der Waals surface area contributed by atoms with E-state index < -0.39 is 19.7 Å². The van der Waals surface area contributed by atoms with Crippen molar-refractivity contribution in [3.63, 3.8) is 0 Å². The molecule has 0 unspecified atom stereocenters. The second kappa shape index (κ2) is 10.5. The first-order valence-corrected chi connectivity index (χ1v) is 17.5. The van der Waals surface area contributed by atoms with Crippen LogP contribution in [0.25, 0.3) is 10.1 Å². The first-order valence-electron chi connectivity index (χ1n) is 14.9. The van der Waals surface area contributed by atoms with Gasteiger partial charge in [0.1, 0.15) is 12.1 Å². The molecule has 10 nitrogen and oxygen atoms in total. The van der Waals surface area contributed by atoms with E-state index in [0.29, 0.717) is 42.3 Å². The van der Waals surface area contributed by atoms with E-state index in [1.54, 1.807) is 30.5 Å². The number of nitrogens with one attached hydrogen (secondary N) is 1. The van der Waals surface area contributed by atoms with Crippen molar-refractivity contribution < 1.29 is 28.7 Å². The van der Waals surface area contributed by atoms with Crippen molar-refractivity contribution in [1.82, 2.24) is 20.1 Å². The predicted octanol–water partition coefficient (Wildman–Crippen LogP) is 3.88. The minimum Gasteiger partial charge on any atom is -0.340 e. The average molecular weight is 623 g/mol. The lowest BCUT2D eigenvalue weighted by Crippen LogP contribution is -2.60.